The molecule has 58 valence electrons. The molecule has 0 saturated heterocycles. The van der Waals surface area contributed by atoms with Crippen LogP contribution in [-0.4, -0.2) is 15.2 Å². The second-order valence-electron chi connectivity index (χ2n) is 3.58. The van der Waals surface area contributed by atoms with Gasteiger partial charge in [-0.25, -0.2) is 0 Å². The summed E-state index contributed by atoms with van der Waals surface area (Å²) in [5.74, 6) is 0. The topological polar surface area (TPSA) is 0 Å². The zero-order valence-corrected chi connectivity index (χ0v) is 9.01. The molecule has 0 saturated carbocycles. The molecule has 0 heterocycles. The first-order chi connectivity index (χ1) is 5.18. The van der Waals surface area contributed by atoms with Gasteiger partial charge in [0, 0.05) is 0 Å². The van der Waals surface area contributed by atoms with E-state index in [0.717, 1.165) is 4.78 Å². The zero-order chi connectivity index (χ0) is 8.27. The van der Waals surface area contributed by atoms with Crippen molar-refractivity contribution < 1.29 is 0 Å². The van der Waals surface area contributed by atoms with Crippen molar-refractivity contribution in [3.63, 3.8) is 0 Å². The van der Waals surface area contributed by atoms with E-state index in [9.17, 15) is 0 Å². The maximum absolute atomic E-state index is 2.31. The van der Waals surface area contributed by atoms with Gasteiger partial charge in [0.25, 0.3) is 15.2 Å². The van der Waals surface area contributed by atoms with Crippen LogP contribution in [0.1, 0.15) is 19.4 Å². The Morgan fingerprint density at radius 3 is 2.09 bits per heavy atom. The molecule has 1 aromatic carbocycles. The minimum absolute atomic E-state index is 0.00738. The highest BCUT2D eigenvalue weighted by molar-refractivity contribution is 6.54. The minimum Gasteiger partial charge on any atom is -0.115 e. The lowest BCUT2D eigenvalue weighted by molar-refractivity contribution is 1.07. The highest BCUT2D eigenvalue weighted by Gasteiger charge is 2.00. The molecule has 0 fully saturated rings. The SMILES string of the molecule is Cc1cc[c]([AlH][CH](C)C)cc1. The van der Waals surface area contributed by atoms with Crippen LogP contribution >= 0.6 is 0 Å². The van der Waals surface area contributed by atoms with Crippen molar-refractivity contribution in [2.24, 2.45) is 0 Å². The van der Waals surface area contributed by atoms with Gasteiger partial charge >= 0.3 is 0 Å². The van der Waals surface area contributed by atoms with E-state index in [2.05, 4.69) is 45.0 Å². The predicted octanol–water partition coefficient (Wildman–Crippen LogP) is 1.89. The number of hydrogen-bond donors (Lipinski definition) is 0. The summed E-state index contributed by atoms with van der Waals surface area (Å²) in [7, 11) is 0. The summed E-state index contributed by atoms with van der Waals surface area (Å²) < 4.78 is 2.49. The Balaban J connectivity index is 2.66. The molecule has 1 aromatic rings. The zero-order valence-electron chi connectivity index (χ0n) is 7.59. The first kappa shape index (κ1) is 8.85. The average Bonchev–Trinajstić information content (AvgIpc) is 1.93. The Bertz CT molecular complexity index is 211. The summed E-state index contributed by atoms with van der Waals surface area (Å²) in [6, 6.07) is 8.98. The van der Waals surface area contributed by atoms with Crippen LogP contribution in [0.2, 0.25) is 4.78 Å². The van der Waals surface area contributed by atoms with Crippen LogP contribution in [0.15, 0.2) is 24.3 Å². The third-order valence-electron chi connectivity index (χ3n) is 1.76. The fraction of sp³-hybridized carbons (Fsp3) is 0.400. The molecule has 0 aliphatic heterocycles. The molecular formula is C10H15Al. The summed E-state index contributed by atoms with van der Waals surface area (Å²) >= 11 is 0.00738. The van der Waals surface area contributed by atoms with E-state index in [1.54, 1.807) is 4.43 Å². The van der Waals surface area contributed by atoms with Crippen molar-refractivity contribution in [1.29, 1.82) is 0 Å². The van der Waals surface area contributed by atoms with Crippen LogP contribution in [-0.2, 0) is 0 Å². The van der Waals surface area contributed by atoms with Crippen LogP contribution in [0.5, 0.6) is 0 Å². The van der Waals surface area contributed by atoms with Gasteiger partial charge in [-0.1, -0.05) is 48.5 Å². The van der Waals surface area contributed by atoms with Gasteiger partial charge in [-0.05, 0) is 6.92 Å². The first-order valence-corrected chi connectivity index (χ1v) is 5.76. The van der Waals surface area contributed by atoms with Crippen molar-refractivity contribution >= 4 is 19.6 Å². The van der Waals surface area contributed by atoms with Gasteiger partial charge in [-0.3, -0.25) is 0 Å². The van der Waals surface area contributed by atoms with Crippen LogP contribution in [0.4, 0.5) is 0 Å². The molecular weight excluding hydrogens is 147 g/mol. The molecule has 0 aliphatic carbocycles. The summed E-state index contributed by atoms with van der Waals surface area (Å²) in [6.45, 7) is 6.76. The van der Waals surface area contributed by atoms with Crippen molar-refractivity contribution in [3.05, 3.63) is 29.8 Å². The van der Waals surface area contributed by atoms with Gasteiger partial charge in [-0.15, -0.1) is 4.43 Å². The summed E-state index contributed by atoms with van der Waals surface area (Å²) in [5.41, 5.74) is 1.37. The Hall–Kier alpha value is -0.248. The molecule has 0 aromatic heterocycles. The molecule has 0 nitrogen and oxygen atoms in total. The Labute approximate surface area is 75.3 Å². The second-order valence-corrected chi connectivity index (χ2v) is 6.44. The molecule has 0 amide bonds. The van der Waals surface area contributed by atoms with Gasteiger partial charge in [0.05, 0.1) is 0 Å². The predicted molar refractivity (Wildman–Crippen MR) is 53.1 cm³/mol. The largest absolute Gasteiger partial charge is 0.285 e. The molecule has 0 N–H and O–H groups in total. The second kappa shape index (κ2) is 3.95. The van der Waals surface area contributed by atoms with Crippen LogP contribution in [0, 0.1) is 6.92 Å². The molecule has 0 aliphatic rings. The Kier molecular flexibility index (Phi) is 3.18. The minimum atomic E-state index is 0.00738. The summed E-state index contributed by atoms with van der Waals surface area (Å²) in [5, 5.41) is 0. The van der Waals surface area contributed by atoms with E-state index in [1.807, 2.05) is 0 Å². The van der Waals surface area contributed by atoms with E-state index in [1.165, 1.54) is 5.56 Å². The monoisotopic (exact) mass is 162 g/mol. The van der Waals surface area contributed by atoms with Gasteiger partial charge in [0.15, 0.2) is 0 Å². The number of hydrogen-bond acceptors (Lipinski definition) is 0. The van der Waals surface area contributed by atoms with Crippen molar-refractivity contribution in [2.45, 2.75) is 25.6 Å². The molecule has 0 unspecified atom stereocenters. The third-order valence-corrected chi connectivity index (χ3v) is 3.52. The van der Waals surface area contributed by atoms with E-state index >= 15 is 0 Å². The van der Waals surface area contributed by atoms with Crippen LogP contribution in [0.3, 0.4) is 0 Å². The van der Waals surface area contributed by atoms with Gasteiger partial charge in [0.1, 0.15) is 0 Å². The summed E-state index contributed by atoms with van der Waals surface area (Å²) in [4.78, 5) is 0. The van der Waals surface area contributed by atoms with E-state index < -0.39 is 0 Å². The van der Waals surface area contributed by atoms with Crippen LogP contribution < -0.4 is 4.43 Å². The van der Waals surface area contributed by atoms with E-state index in [0.29, 0.717) is 0 Å². The molecule has 1 rings (SSSR count). The van der Waals surface area contributed by atoms with E-state index in [-0.39, 0.29) is 15.2 Å². The van der Waals surface area contributed by atoms with Gasteiger partial charge in [-0.2, -0.15) is 0 Å². The number of benzene rings is 1. The standard InChI is InChI=1S/C7H7.C3H7.Al.H/c1-7-5-3-2-4-6-7;1-3-2;;/h3-6H,1H3;3H,1-2H3;;. The normalized spacial score (nSPS) is 10.2. The number of rotatable bonds is 2. The molecule has 11 heavy (non-hydrogen) atoms. The lowest BCUT2D eigenvalue weighted by Crippen LogP contribution is -2.15. The fourth-order valence-electron chi connectivity index (χ4n) is 1.20. The molecule has 0 bridgehead atoms. The summed E-state index contributed by atoms with van der Waals surface area (Å²) in [6.07, 6.45) is 0. The quantitative estimate of drug-likeness (QED) is 0.582. The Morgan fingerprint density at radius 2 is 1.64 bits per heavy atom. The average molecular weight is 162 g/mol. The molecule has 0 radical (unpaired) electrons. The smallest absolute Gasteiger partial charge is 0.115 e. The van der Waals surface area contributed by atoms with E-state index in [4.69, 9.17) is 0 Å². The van der Waals surface area contributed by atoms with Crippen molar-refractivity contribution in [3.8, 4) is 0 Å². The van der Waals surface area contributed by atoms with Crippen molar-refractivity contribution in [1.82, 2.24) is 0 Å². The Morgan fingerprint density at radius 1 is 1.09 bits per heavy atom. The third kappa shape index (κ3) is 3.10. The fourth-order valence-corrected chi connectivity index (χ4v) is 2.65. The molecule has 0 atom stereocenters. The maximum atomic E-state index is 2.31. The van der Waals surface area contributed by atoms with Gasteiger partial charge < -0.3 is 0 Å². The molecule has 0 spiro atoms. The molecule has 1 heteroatoms. The lowest BCUT2D eigenvalue weighted by Gasteiger charge is -2.01. The van der Waals surface area contributed by atoms with Crippen molar-refractivity contribution in [2.75, 3.05) is 0 Å². The first-order valence-electron chi connectivity index (χ1n) is 4.24. The highest BCUT2D eigenvalue weighted by atomic mass is 27.1. The number of aryl methyl sites for hydroxylation is 1. The van der Waals surface area contributed by atoms with Gasteiger partial charge in [0.2, 0.25) is 0 Å². The highest BCUT2D eigenvalue weighted by Crippen LogP contribution is 1.98. The lowest BCUT2D eigenvalue weighted by atomic mass is 10.2. The van der Waals surface area contributed by atoms with Crippen LogP contribution in [0.25, 0.3) is 0 Å². The maximum Gasteiger partial charge on any atom is 0.285 e.